The van der Waals surface area contributed by atoms with Crippen LogP contribution in [0.2, 0.25) is 0 Å². The monoisotopic (exact) mass is 331 g/mol. The van der Waals surface area contributed by atoms with Gasteiger partial charge >= 0.3 is 0 Å². The van der Waals surface area contributed by atoms with E-state index in [1.165, 1.54) is 5.56 Å². The molecule has 0 radical (unpaired) electrons. The van der Waals surface area contributed by atoms with E-state index in [2.05, 4.69) is 44.3 Å². The van der Waals surface area contributed by atoms with Gasteiger partial charge < -0.3 is 10.6 Å². The van der Waals surface area contributed by atoms with Crippen LogP contribution in [0.5, 0.6) is 0 Å². The van der Waals surface area contributed by atoms with E-state index >= 15 is 0 Å². The Morgan fingerprint density at radius 3 is 2.88 bits per heavy atom. The van der Waals surface area contributed by atoms with Gasteiger partial charge in [0.25, 0.3) is 0 Å². The summed E-state index contributed by atoms with van der Waals surface area (Å²) >= 11 is 6.83. The number of hydrogen-bond acceptors (Lipinski definition) is 5. The zero-order chi connectivity index (χ0) is 12.4. The van der Waals surface area contributed by atoms with E-state index in [9.17, 15) is 0 Å². The summed E-state index contributed by atoms with van der Waals surface area (Å²) in [5.74, 6) is 0. The van der Waals surface area contributed by atoms with Gasteiger partial charge in [-0.05, 0) is 39.9 Å². The van der Waals surface area contributed by atoms with Crippen molar-refractivity contribution in [2.24, 2.45) is 5.73 Å². The van der Waals surface area contributed by atoms with E-state index in [4.69, 9.17) is 5.73 Å². The van der Waals surface area contributed by atoms with Crippen LogP contribution >= 0.6 is 38.6 Å². The van der Waals surface area contributed by atoms with E-state index in [0.717, 1.165) is 20.3 Å². The fourth-order valence-electron chi connectivity index (χ4n) is 1.43. The number of nitrogens with zero attached hydrogens (tertiary/aromatic N) is 2. The van der Waals surface area contributed by atoms with Crippen LogP contribution in [0.3, 0.4) is 0 Å². The van der Waals surface area contributed by atoms with E-state index in [-0.39, 0.29) is 6.04 Å². The van der Waals surface area contributed by atoms with Crippen molar-refractivity contribution in [3.05, 3.63) is 31.9 Å². The molecule has 6 heteroatoms. The Kier molecular flexibility index (Phi) is 4.19. The number of hydrogen-bond donors (Lipinski definition) is 1. The summed E-state index contributed by atoms with van der Waals surface area (Å²) in [6.07, 6.45) is 1.87. The zero-order valence-electron chi connectivity index (χ0n) is 9.68. The first-order chi connectivity index (χ1) is 8.06. The summed E-state index contributed by atoms with van der Waals surface area (Å²) < 4.78 is 1.16. The Hall–Kier alpha value is -0.430. The lowest BCUT2D eigenvalue weighted by Crippen LogP contribution is -2.15. The van der Waals surface area contributed by atoms with Gasteiger partial charge in [-0.2, -0.15) is 0 Å². The predicted molar refractivity (Wildman–Crippen MR) is 78.8 cm³/mol. The lowest BCUT2D eigenvalue weighted by Gasteiger charge is -2.14. The van der Waals surface area contributed by atoms with Gasteiger partial charge in [0.15, 0.2) is 5.13 Å². The first kappa shape index (κ1) is 13.0. The summed E-state index contributed by atoms with van der Waals surface area (Å²) in [5.41, 5.74) is 7.12. The van der Waals surface area contributed by atoms with Crippen molar-refractivity contribution in [3.63, 3.8) is 0 Å². The number of rotatable bonds is 4. The van der Waals surface area contributed by atoms with Gasteiger partial charge in [0.2, 0.25) is 0 Å². The number of halogens is 1. The average molecular weight is 332 g/mol. The van der Waals surface area contributed by atoms with E-state index in [1.807, 2.05) is 13.1 Å². The Morgan fingerprint density at radius 2 is 2.35 bits per heavy atom. The van der Waals surface area contributed by atoms with E-state index in [1.54, 1.807) is 22.7 Å². The average Bonchev–Trinajstić information content (AvgIpc) is 2.86. The standard InChI is InChI=1S/C11H14BrN3S2/c1-7(13)9-4-14-11(17-9)15(2)5-8-3-10(12)16-6-8/h3-4,6-7H,5,13H2,1-2H3. The molecule has 92 valence electrons. The molecule has 3 nitrogen and oxygen atoms in total. The highest BCUT2D eigenvalue weighted by atomic mass is 79.9. The Bertz CT molecular complexity index is 492. The lowest BCUT2D eigenvalue weighted by atomic mass is 10.3. The minimum absolute atomic E-state index is 0.0601. The molecular formula is C11H14BrN3S2. The van der Waals surface area contributed by atoms with Crippen LogP contribution in [0.15, 0.2) is 21.4 Å². The van der Waals surface area contributed by atoms with Crippen LogP contribution in [0.25, 0.3) is 0 Å². The molecule has 2 N–H and O–H groups in total. The third kappa shape index (κ3) is 3.28. The highest BCUT2D eigenvalue weighted by Crippen LogP contribution is 2.27. The fraction of sp³-hybridized carbons (Fsp3) is 0.364. The molecule has 0 saturated heterocycles. The highest BCUT2D eigenvalue weighted by molar-refractivity contribution is 9.11. The second-order valence-electron chi connectivity index (χ2n) is 3.95. The van der Waals surface area contributed by atoms with Gasteiger partial charge in [0.05, 0.1) is 3.79 Å². The normalized spacial score (nSPS) is 12.7. The van der Waals surface area contributed by atoms with Crippen LogP contribution in [-0.4, -0.2) is 12.0 Å². The Balaban J connectivity index is 2.06. The van der Waals surface area contributed by atoms with Crippen LogP contribution in [0.1, 0.15) is 23.4 Å². The second-order valence-corrected chi connectivity index (χ2v) is 7.28. The zero-order valence-corrected chi connectivity index (χ0v) is 12.9. The van der Waals surface area contributed by atoms with Gasteiger partial charge in [0.1, 0.15) is 0 Å². The fourth-order valence-corrected chi connectivity index (χ4v) is 3.46. The maximum absolute atomic E-state index is 5.83. The molecular weight excluding hydrogens is 318 g/mol. The molecule has 0 aliphatic carbocycles. The van der Waals surface area contributed by atoms with Crippen LogP contribution in [0.4, 0.5) is 5.13 Å². The molecule has 2 heterocycles. The molecule has 2 aromatic rings. The molecule has 2 aromatic heterocycles. The second kappa shape index (κ2) is 5.48. The first-order valence-corrected chi connectivity index (χ1v) is 7.70. The Labute approximate surface area is 117 Å². The third-order valence-corrected chi connectivity index (χ3v) is 5.19. The number of anilines is 1. The van der Waals surface area contributed by atoms with Crippen molar-refractivity contribution in [2.75, 3.05) is 11.9 Å². The van der Waals surface area contributed by atoms with Crippen molar-refractivity contribution in [1.29, 1.82) is 0 Å². The van der Waals surface area contributed by atoms with Crippen LogP contribution in [0, 0.1) is 0 Å². The van der Waals surface area contributed by atoms with Crippen LogP contribution < -0.4 is 10.6 Å². The SMILES string of the molecule is CC(N)c1cnc(N(C)Cc2csc(Br)c2)s1. The first-order valence-electron chi connectivity index (χ1n) is 5.21. The van der Waals surface area contributed by atoms with Gasteiger partial charge in [-0.15, -0.1) is 22.7 Å². The molecule has 0 amide bonds. The molecule has 0 fully saturated rings. The van der Waals surface area contributed by atoms with Gasteiger partial charge in [0, 0.05) is 30.7 Å². The maximum atomic E-state index is 5.83. The molecule has 0 aromatic carbocycles. The van der Waals surface area contributed by atoms with E-state index in [0.29, 0.717) is 0 Å². The van der Waals surface area contributed by atoms with Gasteiger partial charge in [-0.1, -0.05) is 0 Å². The molecule has 0 saturated carbocycles. The predicted octanol–water partition coefficient (Wildman–Crippen LogP) is 3.62. The quantitative estimate of drug-likeness (QED) is 0.930. The number of nitrogens with two attached hydrogens (primary N) is 1. The van der Waals surface area contributed by atoms with Crippen molar-refractivity contribution in [1.82, 2.24) is 4.98 Å². The van der Waals surface area contributed by atoms with Crippen LogP contribution in [-0.2, 0) is 6.54 Å². The summed E-state index contributed by atoms with van der Waals surface area (Å²) in [6, 6.07) is 2.20. The maximum Gasteiger partial charge on any atom is 0.185 e. The molecule has 0 spiro atoms. The molecule has 0 aliphatic rings. The summed E-state index contributed by atoms with van der Waals surface area (Å²) in [4.78, 5) is 7.66. The van der Waals surface area contributed by atoms with E-state index < -0.39 is 0 Å². The highest BCUT2D eigenvalue weighted by Gasteiger charge is 2.10. The molecule has 1 unspecified atom stereocenters. The molecule has 1 atom stereocenters. The molecule has 2 rings (SSSR count). The Morgan fingerprint density at radius 1 is 1.59 bits per heavy atom. The van der Waals surface area contributed by atoms with Crippen molar-refractivity contribution >= 4 is 43.7 Å². The largest absolute Gasteiger partial charge is 0.347 e. The molecule has 0 aliphatic heterocycles. The summed E-state index contributed by atoms with van der Waals surface area (Å²) in [6.45, 7) is 2.85. The third-order valence-electron chi connectivity index (χ3n) is 2.33. The van der Waals surface area contributed by atoms with Crippen molar-refractivity contribution in [2.45, 2.75) is 19.5 Å². The van der Waals surface area contributed by atoms with Gasteiger partial charge in [-0.25, -0.2) is 4.98 Å². The smallest absolute Gasteiger partial charge is 0.185 e. The lowest BCUT2D eigenvalue weighted by molar-refractivity contribution is 0.835. The van der Waals surface area contributed by atoms with Gasteiger partial charge in [-0.3, -0.25) is 0 Å². The summed E-state index contributed by atoms with van der Waals surface area (Å²) in [7, 11) is 2.05. The molecule has 17 heavy (non-hydrogen) atoms. The number of thiazole rings is 1. The van der Waals surface area contributed by atoms with Crippen molar-refractivity contribution in [3.8, 4) is 0 Å². The molecule has 0 bridgehead atoms. The minimum Gasteiger partial charge on any atom is -0.347 e. The number of aromatic nitrogens is 1. The topological polar surface area (TPSA) is 42.1 Å². The summed E-state index contributed by atoms with van der Waals surface area (Å²) in [5, 5.41) is 3.17. The van der Waals surface area contributed by atoms with Crippen molar-refractivity contribution < 1.29 is 0 Å². The number of thiophene rings is 1. The minimum atomic E-state index is 0.0601.